The molecular formula is C15H15FN4O. The third-order valence-corrected chi connectivity index (χ3v) is 3.51. The highest BCUT2D eigenvalue weighted by Gasteiger charge is 2.29. The predicted molar refractivity (Wildman–Crippen MR) is 77.4 cm³/mol. The summed E-state index contributed by atoms with van der Waals surface area (Å²) in [4.78, 5) is 22.6. The van der Waals surface area contributed by atoms with Gasteiger partial charge in [-0.1, -0.05) is 0 Å². The second-order valence-electron chi connectivity index (χ2n) is 4.98. The van der Waals surface area contributed by atoms with Crippen molar-refractivity contribution < 1.29 is 9.18 Å². The first-order chi connectivity index (χ1) is 10.2. The normalized spacial score (nSPS) is 17.8. The Kier molecular flexibility index (Phi) is 3.77. The highest BCUT2D eigenvalue weighted by atomic mass is 19.1. The van der Waals surface area contributed by atoms with Crippen molar-refractivity contribution in [3.05, 3.63) is 48.5 Å². The summed E-state index contributed by atoms with van der Waals surface area (Å²) in [5.41, 5.74) is 0.607. The number of amides is 1. The van der Waals surface area contributed by atoms with Gasteiger partial charge in [0.15, 0.2) is 0 Å². The molecule has 0 bridgehead atoms. The van der Waals surface area contributed by atoms with Crippen LogP contribution in [0.15, 0.2) is 42.7 Å². The maximum Gasteiger partial charge on any atom is 0.229 e. The minimum atomic E-state index is -0.318. The van der Waals surface area contributed by atoms with Crippen molar-refractivity contribution in [1.82, 2.24) is 9.97 Å². The van der Waals surface area contributed by atoms with E-state index in [4.69, 9.17) is 0 Å². The molecule has 1 saturated heterocycles. The van der Waals surface area contributed by atoms with Crippen molar-refractivity contribution in [2.75, 3.05) is 23.3 Å². The van der Waals surface area contributed by atoms with Gasteiger partial charge in [-0.25, -0.2) is 14.4 Å². The van der Waals surface area contributed by atoms with Crippen LogP contribution in [0, 0.1) is 11.7 Å². The Morgan fingerprint density at radius 1 is 1.24 bits per heavy atom. The van der Waals surface area contributed by atoms with Crippen molar-refractivity contribution in [3.8, 4) is 0 Å². The molecule has 1 N–H and O–H groups in total. The molecule has 1 aliphatic heterocycles. The molecule has 0 spiro atoms. The second-order valence-corrected chi connectivity index (χ2v) is 4.98. The summed E-state index contributed by atoms with van der Waals surface area (Å²) < 4.78 is 12.8. The van der Waals surface area contributed by atoms with Gasteiger partial charge in [0.2, 0.25) is 11.9 Å². The third kappa shape index (κ3) is 3.16. The monoisotopic (exact) mass is 286 g/mol. The van der Waals surface area contributed by atoms with E-state index in [1.807, 2.05) is 4.90 Å². The highest BCUT2D eigenvalue weighted by Crippen LogP contribution is 2.21. The summed E-state index contributed by atoms with van der Waals surface area (Å²) in [5.74, 6) is 0.162. The molecular weight excluding hydrogens is 271 g/mol. The highest BCUT2D eigenvalue weighted by molar-refractivity contribution is 5.93. The number of carbonyl (C=O) groups is 1. The van der Waals surface area contributed by atoms with Gasteiger partial charge in [-0.3, -0.25) is 4.79 Å². The largest absolute Gasteiger partial charge is 0.340 e. The number of halogens is 1. The lowest BCUT2D eigenvalue weighted by Crippen LogP contribution is -2.27. The molecule has 3 rings (SSSR count). The molecule has 6 heteroatoms. The number of aromatic nitrogens is 2. The topological polar surface area (TPSA) is 58.1 Å². The van der Waals surface area contributed by atoms with Crippen LogP contribution in [0.25, 0.3) is 0 Å². The van der Waals surface area contributed by atoms with E-state index in [0.29, 0.717) is 18.2 Å². The van der Waals surface area contributed by atoms with Gasteiger partial charge in [0.05, 0.1) is 5.92 Å². The van der Waals surface area contributed by atoms with E-state index in [2.05, 4.69) is 15.3 Å². The van der Waals surface area contributed by atoms with Gasteiger partial charge in [0, 0.05) is 31.2 Å². The van der Waals surface area contributed by atoms with E-state index >= 15 is 0 Å². The Morgan fingerprint density at radius 2 is 1.95 bits per heavy atom. The van der Waals surface area contributed by atoms with Crippen molar-refractivity contribution in [2.45, 2.75) is 6.42 Å². The van der Waals surface area contributed by atoms with Crippen LogP contribution in [0.2, 0.25) is 0 Å². The van der Waals surface area contributed by atoms with Crippen molar-refractivity contribution in [2.24, 2.45) is 5.92 Å². The van der Waals surface area contributed by atoms with Crippen LogP contribution in [0.4, 0.5) is 16.0 Å². The number of nitrogens with zero attached hydrogens (tertiary/aromatic N) is 3. The molecule has 1 aliphatic rings. The minimum Gasteiger partial charge on any atom is -0.340 e. The number of rotatable bonds is 3. The van der Waals surface area contributed by atoms with Crippen LogP contribution in [0.1, 0.15) is 6.42 Å². The Morgan fingerprint density at radius 3 is 2.67 bits per heavy atom. The van der Waals surface area contributed by atoms with Crippen LogP contribution in [-0.2, 0) is 4.79 Å². The number of carbonyl (C=O) groups excluding carboxylic acids is 1. The zero-order valence-corrected chi connectivity index (χ0v) is 11.4. The molecule has 1 fully saturated rings. The molecule has 1 amide bonds. The fraction of sp³-hybridized carbons (Fsp3) is 0.267. The average Bonchev–Trinajstić information content (AvgIpc) is 3.00. The first kappa shape index (κ1) is 13.5. The first-order valence-electron chi connectivity index (χ1n) is 6.81. The van der Waals surface area contributed by atoms with Crippen LogP contribution >= 0.6 is 0 Å². The molecule has 0 unspecified atom stereocenters. The van der Waals surface area contributed by atoms with Crippen molar-refractivity contribution in [3.63, 3.8) is 0 Å². The third-order valence-electron chi connectivity index (χ3n) is 3.51. The lowest BCUT2D eigenvalue weighted by molar-refractivity contribution is -0.119. The zero-order valence-electron chi connectivity index (χ0n) is 11.4. The Balaban J connectivity index is 1.61. The van der Waals surface area contributed by atoms with Crippen LogP contribution in [-0.4, -0.2) is 29.0 Å². The molecule has 1 aromatic heterocycles. The van der Waals surface area contributed by atoms with E-state index in [-0.39, 0.29) is 17.6 Å². The maximum atomic E-state index is 12.8. The van der Waals surface area contributed by atoms with Gasteiger partial charge >= 0.3 is 0 Å². The molecule has 5 nitrogen and oxygen atoms in total. The van der Waals surface area contributed by atoms with E-state index < -0.39 is 0 Å². The van der Waals surface area contributed by atoms with Crippen LogP contribution in [0.5, 0.6) is 0 Å². The van der Waals surface area contributed by atoms with Gasteiger partial charge in [0.1, 0.15) is 5.82 Å². The SMILES string of the molecule is O=C(Nc1ccc(F)cc1)[C@H]1CCN(c2ncccn2)C1. The quantitative estimate of drug-likeness (QED) is 0.938. The van der Waals surface area contributed by atoms with Gasteiger partial charge in [-0.05, 0) is 36.8 Å². The molecule has 0 radical (unpaired) electrons. The first-order valence-corrected chi connectivity index (χ1v) is 6.81. The van der Waals surface area contributed by atoms with E-state index in [1.54, 1.807) is 30.6 Å². The molecule has 21 heavy (non-hydrogen) atoms. The number of anilines is 2. The van der Waals surface area contributed by atoms with E-state index in [1.165, 1.54) is 12.1 Å². The molecule has 0 aliphatic carbocycles. The van der Waals surface area contributed by atoms with Gasteiger partial charge in [0.25, 0.3) is 0 Å². The molecule has 1 atom stereocenters. The standard InChI is InChI=1S/C15H15FN4O/c16-12-2-4-13(5-3-12)19-14(21)11-6-9-20(10-11)15-17-7-1-8-18-15/h1-5,7-8,11H,6,9-10H2,(H,19,21)/t11-/m0/s1. The van der Waals surface area contributed by atoms with Crippen LogP contribution in [0.3, 0.4) is 0 Å². The maximum absolute atomic E-state index is 12.8. The van der Waals surface area contributed by atoms with Gasteiger partial charge < -0.3 is 10.2 Å². The fourth-order valence-electron chi connectivity index (χ4n) is 2.39. The Bertz CT molecular complexity index is 617. The van der Waals surface area contributed by atoms with Gasteiger partial charge in [-0.2, -0.15) is 0 Å². The van der Waals surface area contributed by atoms with Crippen LogP contribution < -0.4 is 10.2 Å². The Hall–Kier alpha value is -2.50. The number of hydrogen-bond acceptors (Lipinski definition) is 4. The summed E-state index contributed by atoms with van der Waals surface area (Å²) in [6.07, 6.45) is 4.13. The molecule has 2 heterocycles. The summed E-state index contributed by atoms with van der Waals surface area (Å²) in [5, 5.41) is 2.81. The second kappa shape index (κ2) is 5.87. The average molecular weight is 286 g/mol. The summed E-state index contributed by atoms with van der Waals surface area (Å²) in [7, 11) is 0. The smallest absolute Gasteiger partial charge is 0.229 e. The summed E-state index contributed by atoms with van der Waals surface area (Å²) in [6.45, 7) is 1.35. The van der Waals surface area contributed by atoms with E-state index in [9.17, 15) is 9.18 Å². The molecule has 108 valence electrons. The predicted octanol–water partition coefficient (Wildman–Crippen LogP) is 2.08. The molecule has 0 saturated carbocycles. The fourth-order valence-corrected chi connectivity index (χ4v) is 2.39. The number of nitrogens with one attached hydrogen (secondary N) is 1. The number of hydrogen-bond donors (Lipinski definition) is 1. The van der Waals surface area contributed by atoms with Gasteiger partial charge in [-0.15, -0.1) is 0 Å². The molecule has 2 aromatic rings. The van der Waals surface area contributed by atoms with Crippen molar-refractivity contribution in [1.29, 1.82) is 0 Å². The van der Waals surface area contributed by atoms with E-state index in [0.717, 1.165) is 13.0 Å². The number of benzene rings is 1. The van der Waals surface area contributed by atoms with Crippen molar-refractivity contribution >= 4 is 17.5 Å². The zero-order chi connectivity index (χ0) is 14.7. The Labute approximate surface area is 121 Å². The molecule has 1 aromatic carbocycles. The minimum absolute atomic E-state index is 0.0555. The summed E-state index contributed by atoms with van der Waals surface area (Å²) >= 11 is 0. The lowest BCUT2D eigenvalue weighted by atomic mass is 10.1. The lowest BCUT2D eigenvalue weighted by Gasteiger charge is -2.15. The summed E-state index contributed by atoms with van der Waals surface area (Å²) in [6, 6.07) is 7.53.